The van der Waals surface area contributed by atoms with E-state index in [9.17, 15) is 4.79 Å². The lowest BCUT2D eigenvalue weighted by molar-refractivity contribution is -0.124. The summed E-state index contributed by atoms with van der Waals surface area (Å²) in [6.07, 6.45) is 4.66. The Morgan fingerprint density at radius 2 is 1.91 bits per heavy atom. The maximum atomic E-state index is 12.7. The minimum atomic E-state index is -0.228. The Bertz CT molecular complexity index is 1020. The van der Waals surface area contributed by atoms with Gasteiger partial charge in [-0.05, 0) is 50.5 Å². The zero-order valence-electron chi connectivity index (χ0n) is 18.8. The van der Waals surface area contributed by atoms with Crippen molar-refractivity contribution < 1.29 is 14.3 Å². The van der Waals surface area contributed by atoms with Gasteiger partial charge in [0.15, 0.2) is 0 Å². The molecule has 4 rings (SSSR count). The normalized spacial score (nSPS) is 20.0. The number of amides is 1. The molecule has 7 nitrogen and oxygen atoms in total. The molecule has 3 aromatic rings. The van der Waals surface area contributed by atoms with E-state index in [0.29, 0.717) is 0 Å². The summed E-state index contributed by atoms with van der Waals surface area (Å²) in [7, 11) is 1.62. The van der Waals surface area contributed by atoms with Crippen LogP contribution < -0.4 is 10.1 Å². The van der Waals surface area contributed by atoms with Crippen LogP contribution in [0.2, 0.25) is 0 Å². The molecule has 7 heteroatoms. The fourth-order valence-electron chi connectivity index (χ4n) is 4.10. The van der Waals surface area contributed by atoms with Crippen LogP contribution in [0, 0.1) is 5.92 Å². The van der Waals surface area contributed by atoms with Gasteiger partial charge in [-0.1, -0.05) is 42.5 Å². The van der Waals surface area contributed by atoms with Crippen LogP contribution in [0.25, 0.3) is 11.3 Å². The number of aromatic nitrogens is 3. The second kappa shape index (κ2) is 9.96. The second-order valence-electron chi connectivity index (χ2n) is 8.41. The van der Waals surface area contributed by atoms with E-state index in [1.165, 1.54) is 0 Å². The second-order valence-corrected chi connectivity index (χ2v) is 8.41. The maximum Gasteiger partial charge on any atom is 0.229 e. The molecule has 1 aromatic heterocycles. The van der Waals surface area contributed by atoms with Gasteiger partial charge in [0, 0.05) is 11.3 Å². The number of nitrogens with zero attached hydrogens (tertiary/aromatic N) is 3. The van der Waals surface area contributed by atoms with Crippen LogP contribution in [0.5, 0.6) is 5.75 Å². The zero-order valence-corrected chi connectivity index (χ0v) is 18.8. The Labute approximate surface area is 188 Å². The lowest BCUT2D eigenvalue weighted by atomic mass is 10.00. The van der Waals surface area contributed by atoms with Crippen molar-refractivity contribution >= 4 is 11.6 Å². The lowest BCUT2D eigenvalue weighted by Gasteiger charge is -2.21. The van der Waals surface area contributed by atoms with Crippen LogP contribution in [0.15, 0.2) is 60.8 Å². The molecular formula is C25H30N4O3. The van der Waals surface area contributed by atoms with Gasteiger partial charge in [-0.25, -0.2) is 4.68 Å². The van der Waals surface area contributed by atoms with Crippen LogP contribution in [-0.2, 0) is 9.53 Å². The summed E-state index contributed by atoms with van der Waals surface area (Å²) in [4.78, 5) is 12.7. The predicted octanol–water partition coefficient (Wildman–Crippen LogP) is 4.73. The summed E-state index contributed by atoms with van der Waals surface area (Å²) < 4.78 is 13.3. The minimum absolute atomic E-state index is 0.0300. The number of hydrogen-bond donors (Lipinski definition) is 1. The molecule has 32 heavy (non-hydrogen) atoms. The van der Waals surface area contributed by atoms with Crippen LogP contribution >= 0.6 is 0 Å². The number of anilines is 1. The minimum Gasteiger partial charge on any atom is -0.497 e. The van der Waals surface area contributed by atoms with Crippen LogP contribution in [0.1, 0.15) is 39.2 Å². The van der Waals surface area contributed by atoms with E-state index in [4.69, 9.17) is 9.47 Å². The predicted molar refractivity (Wildman–Crippen MR) is 123 cm³/mol. The van der Waals surface area contributed by atoms with E-state index < -0.39 is 0 Å². The molecule has 0 aliphatic carbocycles. The highest BCUT2D eigenvalue weighted by atomic mass is 16.5. The van der Waals surface area contributed by atoms with Gasteiger partial charge in [0.1, 0.15) is 11.4 Å². The number of carbonyl (C=O) groups is 1. The van der Waals surface area contributed by atoms with E-state index in [2.05, 4.69) is 22.6 Å². The molecular weight excluding hydrogens is 404 g/mol. The Kier molecular flexibility index (Phi) is 6.85. The van der Waals surface area contributed by atoms with Crippen molar-refractivity contribution in [2.45, 2.75) is 51.4 Å². The number of methoxy groups -OCH3 is 1. The summed E-state index contributed by atoms with van der Waals surface area (Å²) >= 11 is 0. The fourth-order valence-corrected chi connectivity index (χ4v) is 4.10. The number of hydrogen-bond acceptors (Lipinski definition) is 5. The largest absolute Gasteiger partial charge is 0.497 e. The standard InChI is InChI=1S/C25H30N4O3/c1-17(29-16-23(27-28-29)19-7-5-4-6-8-19)15-22-13-14-24(32-22)18(2)25(30)26-20-9-11-21(31-3)12-10-20/h4-12,16-18,22,24H,13-15H2,1-3H3,(H,26,30)/t17-,18+,22?,24?/m1/s1. The van der Waals surface area contributed by atoms with Crippen molar-refractivity contribution in [2.24, 2.45) is 5.92 Å². The molecule has 1 saturated heterocycles. The van der Waals surface area contributed by atoms with Crippen molar-refractivity contribution in [3.05, 3.63) is 60.8 Å². The van der Waals surface area contributed by atoms with Gasteiger partial charge < -0.3 is 14.8 Å². The zero-order chi connectivity index (χ0) is 22.5. The molecule has 2 heterocycles. The van der Waals surface area contributed by atoms with Crippen molar-refractivity contribution in [3.63, 3.8) is 0 Å². The Hall–Kier alpha value is -3.19. The van der Waals surface area contributed by atoms with Crippen molar-refractivity contribution in [3.8, 4) is 17.0 Å². The third-order valence-corrected chi connectivity index (χ3v) is 6.10. The number of rotatable bonds is 8. The molecule has 0 radical (unpaired) electrons. The Balaban J connectivity index is 1.29. The van der Waals surface area contributed by atoms with Crippen LogP contribution in [0.4, 0.5) is 5.69 Å². The van der Waals surface area contributed by atoms with Gasteiger partial charge in [0.2, 0.25) is 5.91 Å². The van der Waals surface area contributed by atoms with Gasteiger partial charge in [-0.15, -0.1) is 5.10 Å². The van der Waals surface area contributed by atoms with E-state index in [-0.39, 0.29) is 30.1 Å². The highest BCUT2D eigenvalue weighted by Gasteiger charge is 2.34. The lowest BCUT2D eigenvalue weighted by Crippen LogP contribution is -2.31. The first-order valence-electron chi connectivity index (χ1n) is 11.1. The van der Waals surface area contributed by atoms with Gasteiger partial charge in [-0.3, -0.25) is 4.79 Å². The van der Waals surface area contributed by atoms with E-state index in [0.717, 1.165) is 42.0 Å². The molecule has 4 atom stereocenters. The summed E-state index contributed by atoms with van der Waals surface area (Å²) in [5.74, 6) is 0.501. The van der Waals surface area contributed by atoms with E-state index in [1.54, 1.807) is 7.11 Å². The van der Waals surface area contributed by atoms with E-state index in [1.807, 2.05) is 72.4 Å². The fraction of sp³-hybridized carbons (Fsp3) is 0.400. The highest BCUT2D eigenvalue weighted by Crippen LogP contribution is 2.31. The SMILES string of the molecule is COc1ccc(NC(=O)[C@@H](C)C2CCC(C[C@@H](C)n3cc(-c4ccccc4)nn3)O2)cc1. The third-order valence-electron chi connectivity index (χ3n) is 6.10. The molecule has 2 aromatic carbocycles. The monoisotopic (exact) mass is 434 g/mol. The topological polar surface area (TPSA) is 78.3 Å². The first-order chi connectivity index (χ1) is 15.5. The molecule has 1 aliphatic heterocycles. The molecule has 1 N–H and O–H groups in total. The third kappa shape index (κ3) is 5.16. The average Bonchev–Trinajstić information content (AvgIpc) is 3.50. The highest BCUT2D eigenvalue weighted by molar-refractivity contribution is 5.92. The summed E-state index contributed by atoms with van der Waals surface area (Å²) in [5.41, 5.74) is 2.68. The number of carbonyl (C=O) groups excluding carboxylic acids is 1. The van der Waals surface area contributed by atoms with Gasteiger partial charge >= 0.3 is 0 Å². The van der Waals surface area contributed by atoms with Crippen molar-refractivity contribution in [1.29, 1.82) is 0 Å². The molecule has 168 valence electrons. The maximum absolute atomic E-state index is 12.7. The van der Waals surface area contributed by atoms with Crippen molar-refractivity contribution in [1.82, 2.24) is 15.0 Å². The van der Waals surface area contributed by atoms with Gasteiger partial charge in [0.05, 0.1) is 37.5 Å². The summed E-state index contributed by atoms with van der Waals surface area (Å²) in [5, 5.41) is 11.6. The Morgan fingerprint density at radius 1 is 1.16 bits per heavy atom. The number of ether oxygens (including phenoxy) is 2. The van der Waals surface area contributed by atoms with E-state index >= 15 is 0 Å². The molecule has 1 aliphatic rings. The first-order valence-corrected chi connectivity index (χ1v) is 11.1. The number of nitrogens with one attached hydrogen (secondary N) is 1. The molecule has 0 bridgehead atoms. The molecule has 2 unspecified atom stereocenters. The van der Waals surface area contributed by atoms with Gasteiger partial charge in [0.25, 0.3) is 0 Å². The summed E-state index contributed by atoms with van der Waals surface area (Å²) in [6.45, 7) is 4.05. The average molecular weight is 435 g/mol. The first kappa shape index (κ1) is 22.0. The van der Waals surface area contributed by atoms with Gasteiger partial charge in [-0.2, -0.15) is 0 Å². The quantitative estimate of drug-likeness (QED) is 0.555. The summed E-state index contributed by atoms with van der Waals surface area (Å²) in [6, 6.07) is 17.5. The van der Waals surface area contributed by atoms with Crippen LogP contribution in [0.3, 0.4) is 0 Å². The molecule has 0 spiro atoms. The molecule has 0 saturated carbocycles. The number of benzene rings is 2. The molecule has 1 amide bonds. The van der Waals surface area contributed by atoms with Crippen LogP contribution in [-0.4, -0.2) is 40.2 Å². The van der Waals surface area contributed by atoms with Crippen molar-refractivity contribution in [2.75, 3.05) is 12.4 Å². The Morgan fingerprint density at radius 3 is 2.62 bits per heavy atom. The smallest absolute Gasteiger partial charge is 0.229 e. The molecule has 1 fully saturated rings.